The van der Waals surface area contributed by atoms with Crippen molar-refractivity contribution in [2.75, 3.05) is 7.05 Å². The van der Waals surface area contributed by atoms with E-state index in [0.29, 0.717) is 5.69 Å². The third-order valence-electron chi connectivity index (χ3n) is 2.58. The van der Waals surface area contributed by atoms with E-state index in [0.717, 1.165) is 11.9 Å². The van der Waals surface area contributed by atoms with Crippen LogP contribution in [-0.2, 0) is 12.8 Å². The predicted octanol–water partition coefficient (Wildman–Crippen LogP) is -0.170. The molecule has 2 rings (SSSR count). The number of nitrogens with zero attached hydrogens (tertiary/aromatic N) is 3. The van der Waals surface area contributed by atoms with Crippen LogP contribution in [0.3, 0.4) is 0 Å². The zero-order valence-electron chi connectivity index (χ0n) is 9.95. The molecule has 0 saturated heterocycles. The van der Waals surface area contributed by atoms with Gasteiger partial charge in [-0.05, 0) is 13.0 Å². The largest absolute Gasteiger partial charge is 0.372 e. The van der Waals surface area contributed by atoms with Crippen molar-refractivity contribution in [3.63, 3.8) is 0 Å². The van der Waals surface area contributed by atoms with Crippen molar-refractivity contribution in [1.82, 2.24) is 20.4 Å². The quantitative estimate of drug-likeness (QED) is 0.668. The molecule has 92 valence electrons. The highest BCUT2D eigenvalue weighted by molar-refractivity contribution is 5.78. The minimum Gasteiger partial charge on any atom is -0.372 e. The van der Waals surface area contributed by atoms with Crippen molar-refractivity contribution in [3.05, 3.63) is 29.1 Å². The molecule has 0 saturated carbocycles. The highest BCUT2D eigenvalue weighted by Gasteiger charge is 2.33. The molecule has 0 fully saturated rings. The Morgan fingerprint density at radius 2 is 2.29 bits per heavy atom. The number of allylic oxidation sites excluding steroid dienone is 1. The summed E-state index contributed by atoms with van der Waals surface area (Å²) in [6, 6.07) is 1.81. The highest BCUT2D eigenvalue weighted by Crippen LogP contribution is 2.22. The molecule has 0 radical (unpaired) electrons. The fourth-order valence-corrected chi connectivity index (χ4v) is 1.78. The van der Waals surface area contributed by atoms with Gasteiger partial charge >= 0.3 is 0 Å². The number of rotatable bonds is 2. The van der Waals surface area contributed by atoms with E-state index in [2.05, 4.69) is 20.7 Å². The van der Waals surface area contributed by atoms with Gasteiger partial charge in [-0.3, -0.25) is 10.4 Å². The lowest BCUT2D eigenvalue weighted by molar-refractivity contribution is 0.348. The molecule has 6 nitrogen and oxygen atoms in total. The summed E-state index contributed by atoms with van der Waals surface area (Å²) in [5.41, 5.74) is 7.60. The van der Waals surface area contributed by atoms with Crippen LogP contribution < -0.4 is 16.4 Å². The summed E-state index contributed by atoms with van der Waals surface area (Å²) in [4.78, 5) is 3.99. The fourth-order valence-electron chi connectivity index (χ4n) is 1.78. The average Bonchev–Trinajstić information content (AvgIpc) is 2.62. The Kier molecular flexibility index (Phi) is 2.62. The monoisotopic (exact) mass is 238 g/mol. The zero-order valence-corrected chi connectivity index (χ0v) is 9.95. The smallest absolute Gasteiger partial charge is 0.227 e. The van der Waals surface area contributed by atoms with Crippen LogP contribution in [0.4, 0.5) is 4.39 Å². The topological polar surface area (TPSA) is 80.3 Å². The van der Waals surface area contributed by atoms with Crippen LogP contribution in [0.1, 0.15) is 11.4 Å². The Morgan fingerprint density at radius 3 is 2.82 bits per heavy atom. The van der Waals surface area contributed by atoms with Gasteiger partial charge in [0.05, 0.1) is 11.9 Å². The van der Waals surface area contributed by atoms with Gasteiger partial charge in [-0.15, -0.1) is 0 Å². The first-order valence-electron chi connectivity index (χ1n) is 5.17. The molecule has 0 spiro atoms. The normalized spacial score (nSPS) is 23.8. The summed E-state index contributed by atoms with van der Waals surface area (Å²) in [5.74, 6) is -1.47. The standard InChI is InChI=1S/C10H15FN6/c1-6-4-8(17(3)16-6)10(12)14-5-7(11)9(13-2)15-10/h4-5,13,15H,12H2,1-3H3. The molecule has 1 aromatic heterocycles. The van der Waals surface area contributed by atoms with Gasteiger partial charge < -0.3 is 10.6 Å². The molecule has 4 N–H and O–H groups in total. The van der Waals surface area contributed by atoms with E-state index in [1.54, 1.807) is 24.8 Å². The van der Waals surface area contributed by atoms with Crippen LogP contribution in [0.2, 0.25) is 0 Å². The molecule has 0 bridgehead atoms. The van der Waals surface area contributed by atoms with Gasteiger partial charge in [0, 0.05) is 14.1 Å². The lowest BCUT2D eigenvalue weighted by Gasteiger charge is -2.31. The number of hydrogen-bond acceptors (Lipinski definition) is 5. The summed E-state index contributed by atoms with van der Waals surface area (Å²) in [5, 5.41) is 9.70. The van der Waals surface area contributed by atoms with Crippen LogP contribution in [-0.4, -0.2) is 23.0 Å². The van der Waals surface area contributed by atoms with Crippen LogP contribution >= 0.6 is 0 Å². The molecule has 1 aliphatic heterocycles. The third kappa shape index (κ3) is 1.89. The molecule has 1 aliphatic rings. The van der Waals surface area contributed by atoms with Gasteiger partial charge in [0.15, 0.2) is 5.83 Å². The molecular weight excluding hydrogens is 223 g/mol. The van der Waals surface area contributed by atoms with Gasteiger partial charge in [-0.1, -0.05) is 0 Å². The molecule has 0 aromatic carbocycles. The summed E-state index contributed by atoms with van der Waals surface area (Å²) in [6.45, 7) is 1.86. The van der Waals surface area contributed by atoms with Gasteiger partial charge in [-0.25, -0.2) is 9.38 Å². The Labute approximate surface area is 98.4 Å². The van der Waals surface area contributed by atoms with E-state index in [1.165, 1.54) is 0 Å². The number of aryl methyl sites for hydroxylation is 2. The Hall–Kier alpha value is -1.89. The fraction of sp³-hybridized carbons (Fsp3) is 0.400. The van der Waals surface area contributed by atoms with E-state index in [-0.39, 0.29) is 5.82 Å². The summed E-state index contributed by atoms with van der Waals surface area (Å²) >= 11 is 0. The van der Waals surface area contributed by atoms with Crippen molar-refractivity contribution in [2.24, 2.45) is 17.8 Å². The number of nitrogens with two attached hydrogens (primary N) is 1. The second-order valence-corrected chi connectivity index (χ2v) is 3.92. The van der Waals surface area contributed by atoms with Crippen LogP contribution in [0.5, 0.6) is 0 Å². The Morgan fingerprint density at radius 1 is 1.59 bits per heavy atom. The van der Waals surface area contributed by atoms with Crippen LogP contribution in [0, 0.1) is 6.92 Å². The molecule has 2 heterocycles. The zero-order chi connectivity index (χ0) is 12.6. The van der Waals surface area contributed by atoms with Crippen molar-refractivity contribution < 1.29 is 4.39 Å². The number of aromatic nitrogens is 2. The third-order valence-corrected chi connectivity index (χ3v) is 2.58. The van der Waals surface area contributed by atoms with E-state index in [4.69, 9.17) is 5.73 Å². The summed E-state index contributed by atoms with van der Waals surface area (Å²) in [7, 11) is 3.37. The van der Waals surface area contributed by atoms with Crippen LogP contribution in [0.25, 0.3) is 0 Å². The molecule has 17 heavy (non-hydrogen) atoms. The average molecular weight is 238 g/mol. The molecule has 1 atom stereocenters. The lowest BCUT2D eigenvalue weighted by Crippen LogP contribution is -2.53. The minimum absolute atomic E-state index is 0.210. The van der Waals surface area contributed by atoms with Gasteiger partial charge in [-0.2, -0.15) is 5.10 Å². The van der Waals surface area contributed by atoms with Crippen molar-refractivity contribution in [1.29, 1.82) is 0 Å². The summed E-state index contributed by atoms with van der Waals surface area (Å²) < 4.78 is 15.0. The molecular formula is C10H15FN6. The Balaban J connectivity index is 2.41. The second-order valence-electron chi connectivity index (χ2n) is 3.92. The Bertz CT molecular complexity index is 503. The van der Waals surface area contributed by atoms with Gasteiger partial charge in [0.1, 0.15) is 11.5 Å². The minimum atomic E-state index is -1.20. The second kappa shape index (κ2) is 3.85. The molecule has 0 amide bonds. The van der Waals surface area contributed by atoms with Gasteiger partial charge in [0.25, 0.3) is 0 Å². The highest BCUT2D eigenvalue weighted by atomic mass is 19.1. The molecule has 1 aromatic rings. The SMILES string of the molecule is CNC1=C(F)C=NC(N)(c2cc(C)nn2C)N1. The lowest BCUT2D eigenvalue weighted by atomic mass is 10.2. The summed E-state index contributed by atoms with van der Waals surface area (Å²) in [6.07, 6.45) is 1.10. The van der Waals surface area contributed by atoms with Crippen LogP contribution in [0.15, 0.2) is 22.7 Å². The maximum absolute atomic E-state index is 13.3. The molecule has 0 aliphatic carbocycles. The van der Waals surface area contributed by atoms with Gasteiger partial charge in [0.2, 0.25) is 5.79 Å². The predicted molar refractivity (Wildman–Crippen MR) is 62.6 cm³/mol. The first kappa shape index (κ1) is 11.6. The van der Waals surface area contributed by atoms with E-state index < -0.39 is 11.6 Å². The first-order valence-corrected chi connectivity index (χ1v) is 5.17. The van der Waals surface area contributed by atoms with E-state index >= 15 is 0 Å². The first-order chi connectivity index (χ1) is 7.96. The number of halogens is 1. The van der Waals surface area contributed by atoms with E-state index in [1.807, 2.05) is 6.92 Å². The maximum atomic E-state index is 13.3. The number of aliphatic imine (C=N–C) groups is 1. The van der Waals surface area contributed by atoms with Crippen molar-refractivity contribution >= 4 is 6.21 Å². The number of hydrogen-bond donors (Lipinski definition) is 3. The van der Waals surface area contributed by atoms with Crippen molar-refractivity contribution in [2.45, 2.75) is 12.7 Å². The van der Waals surface area contributed by atoms with Crippen molar-refractivity contribution in [3.8, 4) is 0 Å². The molecule has 7 heteroatoms. The van der Waals surface area contributed by atoms with E-state index in [9.17, 15) is 4.39 Å². The number of nitrogens with one attached hydrogen (secondary N) is 2. The maximum Gasteiger partial charge on any atom is 0.227 e. The molecule has 1 unspecified atom stereocenters.